The smallest absolute Gasteiger partial charge is 0.288 e. The van der Waals surface area contributed by atoms with Crippen LogP contribution in [-0.4, -0.2) is 48.7 Å². The maximum absolute atomic E-state index is 14.0. The number of hydrogen-bond donors (Lipinski definition) is 0. The van der Waals surface area contributed by atoms with Crippen LogP contribution < -0.4 is 10.5 Å². The van der Waals surface area contributed by atoms with Crippen LogP contribution >= 0.6 is 11.6 Å². The predicted octanol–water partition coefficient (Wildman–Crippen LogP) is 2.44. The Morgan fingerprint density at radius 3 is 2.14 bits per heavy atom. The van der Waals surface area contributed by atoms with E-state index in [0.29, 0.717) is 5.69 Å². The zero-order valence-corrected chi connectivity index (χ0v) is 17.8. The first-order valence-electron chi connectivity index (χ1n) is 8.92. The summed E-state index contributed by atoms with van der Waals surface area (Å²) in [5.74, 6) is -2.27. The topological polar surface area (TPSA) is 75.5 Å². The lowest BCUT2D eigenvalue weighted by molar-refractivity contribution is 0.337. The average Bonchev–Trinajstić information content (AvgIpc) is 2.62. The van der Waals surface area contributed by atoms with E-state index < -0.39 is 37.7 Å². The molecule has 0 atom stereocenters. The fraction of sp³-hybridized carbons (Fsp3) is 0.444. The fourth-order valence-electron chi connectivity index (χ4n) is 3.15. The molecule has 1 fully saturated rings. The van der Waals surface area contributed by atoms with E-state index in [1.54, 1.807) is 4.90 Å². The molecule has 0 N–H and O–H groups in total. The first-order valence-corrected chi connectivity index (χ1v) is 10.7. The van der Waals surface area contributed by atoms with Crippen molar-refractivity contribution in [3.63, 3.8) is 0 Å². The number of halogens is 3. The van der Waals surface area contributed by atoms with Gasteiger partial charge in [-0.25, -0.2) is 21.9 Å². The van der Waals surface area contributed by atoms with Crippen molar-refractivity contribution in [2.45, 2.75) is 31.2 Å². The SMILES string of the molecule is CC(C)(C)n1ncc(N2CCN(S(=O)(=O)c3c(F)cccc3F)CC2)c(Cl)c1=O. The maximum atomic E-state index is 14.0. The molecule has 0 bridgehead atoms. The maximum Gasteiger partial charge on any atom is 0.288 e. The molecule has 2 heterocycles. The van der Waals surface area contributed by atoms with Gasteiger partial charge in [0.1, 0.15) is 16.7 Å². The van der Waals surface area contributed by atoms with E-state index in [9.17, 15) is 22.0 Å². The van der Waals surface area contributed by atoms with Crippen molar-refractivity contribution in [2.24, 2.45) is 0 Å². The van der Waals surface area contributed by atoms with Crippen LogP contribution in [0.4, 0.5) is 14.5 Å². The molecule has 1 aromatic carbocycles. The summed E-state index contributed by atoms with van der Waals surface area (Å²) in [6, 6.07) is 2.92. The van der Waals surface area contributed by atoms with Crippen molar-refractivity contribution in [3.8, 4) is 0 Å². The molecule has 0 unspecified atom stereocenters. The third-order valence-electron chi connectivity index (χ3n) is 4.63. The summed E-state index contributed by atoms with van der Waals surface area (Å²) >= 11 is 6.26. The summed E-state index contributed by atoms with van der Waals surface area (Å²) < 4.78 is 55.6. The molecule has 1 saturated heterocycles. The third-order valence-corrected chi connectivity index (χ3v) is 6.94. The van der Waals surface area contributed by atoms with Gasteiger partial charge in [-0.3, -0.25) is 4.79 Å². The fourth-order valence-corrected chi connectivity index (χ4v) is 4.93. The number of anilines is 1. The minimum atomic E-state index is -4.33. The Labute approximate surface area is 172 Å². The van der Waals surface area contributed by atoms with E-state index in [4.69, 9.17) is 11.6 Å². The van der Waals surface area contributed by atoms with Crippen LogP contribution in [0.2, 0.25) is 5.02 Å². The van der Waals surface area contributed by atoms with Crippen LogP contribution in [0.25, 0.3) is 0 Å². The van der Waals surface area contributed by atoms with Gasteiger partial charge in [-0.2, -0.15) is 9.40 Å². The predicted molar refractivity (Wildman–Crippen MR) is 106 cm³/mol. The van der Waals surface area contributed by atoms with Crippen LogP contribution in [0.1, 0.15) is 20.8 Å². The van der Waals surface area contributed by atoms with Crippen LogP contribution in [-0.2, 0) is 15.6 Å². The Morgan fingerprint density at radius 1 is 1.07 bits per heavy atom. The molecule has 158 valence electrons. The van der Waals surface area contributed by atoms with Crippen LogP contribution in [0.15, 0.2) is 34.1 Å². The number of rotatable bonds is 3. The van der Waals surface area contributed by atoms with Gasteiger partial charge in [-0.1, -0.05) is 17.7 Å². The van der Waals surface area contributed by atoms with Crippen molar-refractivity contribution in [2.75, 3.05) is 31.1 Å². The minimum Gasteiger partial charge on any atom is -0.366 e. The summed E-state index contributed by atoms with van der Waals surface area (Å²) in [7, 11) is -4.33. The van der Waals surface area contributed by atoms with E-state index in [2.05, 4.69) is 5.10 Å². The third kappa shape index (κ3) is 4.01. The average molecular weight is 447 g/mol. The largest absolute Gasteiger partial charge is 0.366 e. The molecule has 0 aliphatic carbocycles. The van der Waals surface area contributed by atoms with Crippen molar-refractivity contribution in [1.82, 2.24) is 14.1 Å². The first-order chi connectivity index (χ1) is 13.4. The summed E-state index contributed by atoms with van der Waals surface area (Å²) in [5, 5.41) is 4.16. The highest BCUT2D eigenvalue weighted by molar-refractivity contribution is 7.89. The Kier molecular flexibility index (Phi) is 5.72. The van der Waals surface area contributed by atoms with E-state index in [-0.39, 0.29) is 31.2 Å². The number of hydrogen-bond acceptors (Lipinski definition) is 5. The molecule has 0 spiro atoms. The lowest BCUT2D eigenvalue weighted by Gasteiger charge is -2.35. The number of benzene rings is 1. The van der Waals surface area contributed by atoms with Gasteiger partial charge >= 0.3 is 0 Å². The van der Waals surface area contributed by atoms with Gasteiger partial charge in [0.25, 0.3) is 5.56 Å². The highest BCUT2D eigenvalue weighted by Crippen LogP contribution is 2.27. The number of piperazine rings is 1. The second-order valence-corrected chi connectivity index (χ2v) is 9.93. The van der Waals surface area contributed by atoms with Gasteiger partial charge in [-0.15, -0.1) is 0 Å². The molecular formula is C18H21ClF2N4O3S. The molecule has 3 rings (SSSR count). The zero-order chi connectivity index (χ0) is 21.6. The van der Waals surface area contributed by atoms with Crippen LogP contribution in [0, 0.1) is 11.6 Å². The van der Waals surface area contributed by atoms with Gasteiger partial charge in [0.2, 0.25) is 10.0 Å². The second-order valence-electron chi connectivity index (χ2n) is 7.67. The number of sulfonamides is 1. The molecule has 29 heavy (non-hydrogen) atoms. The lowest BCUT2D eigenvalue weighted by Crippen LogP contribution is -2.49. The molecular weight excluding hydrogens is 426 g/mol. The van der Waals surface area contributed by atoms with E-state index in [0.717, 1.165) is 22.5 Å². The summed E-state index contributed by atoms with van der Waals surface area (Å²) in [4.78, 5) is 13.3. The molecule has 0 amide bonds. The van der Waals surface area contributed by atoms with Gasteiger partial charge in [-0.05, 0) is 32.9 Å². The Bertz CT molecular complexity index is 1070. The van der Waals surface area contributed by atoms with E-state index in [1.807, 2.05) is 20.8 Å². The van der Waals surface area contributed by atoms with Crippen molar-refractivity contribution in [1.29, 1.82) is 0 Å². The first kappa shape index (κ1) is 21.7. The molecule has 0 saturated carbocycles. The monoisotopic (exact) mass is 446 g/mol. The minimum absolute atomic E-state index is 0.00798. The van der Waals surface area contributed by atoms with Crippen molar-refractivity contribution < 1.29 is 17.2 Å². The second kappa shape index (κ2) is 7.66. The Hall–Kier alpha value is -2.04. The normalized spacial score (nSPS) is 16.3. The molecule has 1 aromatic heterocycles. The summed E-state index contributed by atoms with van der Waals surface area (Å²) in [6.45, 7) is 5.81. The quantitative estimate of drug-likeness (QED) is 0.724. The molecule has 0 radical (unpaired) electrons. The van der Waals surface area contributed by atoms with E-state index in [1.165, 1.54) is 10.9 Å². The van der Waals surface area contributed by atoms with Gasteiger partial charge < -0.3 is 4.90 Å². The van der Waals surface area contributed by atoms with Gasteiger partial charge in [0.15, 0.2) is 4.90 Å². The highest BCUT2D eigenvalue weighted by atomic mass is 35.5. The molecule has 7 nitrogen and oxygen atoms in total. The van der Waals surface area contributed by atoms with Gasteiger partial charge in [0.05, 0.1) is 17.4 Å². The summed E-state index contributed by atoms with van der Waals surface area (Å²) in [6.07, 6.45) is 1.47. The molecule has 11 heteroatoms. The molecule has 1 aliphatic rings. The Morgan fingerprint density at radius 2 is 1.62 bits per heavy atom. The standard InChI is InChI=1S/C18H21ClF2N4O3S/c1-18(2,3)25-17(26)15(19)14(11-22-25)23-7-9-24(10-8-23)29(27,28)16-12(20)5-4-6-13(16)21/h4-6,11H,7-10H2,1-3H3. The van der Waals surface area contributed by atoms with Crippen molar-refractivity contribution >= 4 is 27.3 Å². The van der Waals surface area contributed by atoms with Crippen LogP contribution in [0.5, 0.6) is 0 Å². The summed E-state index contributed by atoms with van der Waals surface area (Å²) in [5.41, 5.74) is -0.595. The van der Waals surface area contributed by atoms with Gasteiger partial charge in [0, 0.05) is 26.2 Å². The number of nitrogens with zero attached hydrogens (tertiary/aromatic N) is 4. The zero-order valence-electron chi connectivity index (χ0n) is 16.2. The lowest BCUT2D eigenvalue weighted by atomic mass is 10.1. The van der Waals surface area contributed by atoms with Crippen molar-refractivity contribution in [3.05, 3.63) is 51.4 Å². The Balaban J connectivity index is 1.83. The van der Waals surface area contributed by atoms with E-state index >= 15 is 0 Å². The highest BCUT2D eigenvalue weighted by Gasteiger charge is 2.34. The van der Waals surface area contributed by atoms with Crippen LogP contribution in [0.3, 0.4) is 0 Å². The molecule has 2 aromatic rings. The molecule has 1 aliphatic heterocycles. The number of aromatic nitrogens is 2.